The number of rotatable bonds is 7. The van der Waals surface area contributed by atoms with Crippen molar-refractivity contribution in [1.29, 1.82) is 0 Å². The minimum Gasteiger partial charge on any atom is -0.493 e. The van der Waals surface area contributed by atoms with Crippen LogP contribution in [0.5, 0.6) is 17.2 Å². The third-order valence-electron chi connectivity index (χ3n) is 4.57. The van der Waals surface area contributed by atoms with Crippen molar-refractivity contribution in [2.24, 2.45) is 0 Å². The van der Waals surface area contributed by atoms with E-state index in [0.717, 1.165) is 0 Å². The molecule has 0 aliphatic heterocycles. The SMILES string of the molecule is COc1cc(Nc2cc(=O)n(-c3ccc(Cl)cc3)nc2-c2nc[nH]n2)cc(OC)c1OC. The molecule has 2 aromatic heterocycles. The Morgan fingerprint density at radius 3 is 2.25 bits per heavy atom. The second kappa shape index (κ2) is 8.98. The minimum absolute atomic E-state index is 0.308. The second-order valence-electron chi connectivity index (χ2n) is 6.49. The standard InChI is InChI=1S/C21H19ClN6O4/c1-30-16-8-13(9-17(31-2)20(16)32-3)25-15-10-18(29)28(14-6-4-12(22)5-7-14)27-19(15)21-23-11-24-26-21/h4-11,25H,1-3H3,(H,23,24,26). The number of methoxy groups -OCH3 is 3. The molecule has 0 unspecified atom stereocenters. The van der Waals surface area contributed by atoms with Crippen molar-refractivity contribution < 1.29 is 14.2 Å². The van der Waals surface area contributed by atoms with E-state index in [1.807, 2.05) is 0 Å². The van der Waals surface area contributed by atoms with Gasteiger partial charge in [0.2, 0.25) is 11.6 Å². The summed E-state index contributed by atoms with van der Waals surface area (Å²) in [6.07, 6.45) is 1.43. The molecular formula is C21H19ClN6O4. The number of hydrogen-bond donors (Lipinski definition) is 2. The number of benzene rings is 2. The Hall–Kier alpha value is -4.05. The van der Waals surface area contributed by atoms with E-state index in [4.69, 9.17) is 25.8 Å². The van der Waals surface area contributed by atoms with Crippen LogP contribution in [0.15, 0.2) is 53.6 Å². The highest BCUT2D eigenvalue weighted by Crippen LogP contribution is 2.41. The molecule has 0 radical (unpaired) electrons. The summed E-state index contributed by atoms with van der Waals surface area (Å²) in [5, 5.41) is 15.0. The maximum atomic E-state index is 12.9. The van der Waals surface area contributed by atoms with Crippen LogP contribution in [0.3, 0.4) is 0 Å². The van der Waals surface area contributed by atoms with Crippen LogP contribution in [-0.4, -0.2) is 46.3 Å². The average Bonchev–Trinajstić information content (AvgIpc) is 3.34. The summed E-state index contributed by atoms with van der Waals surface area (Å²) < 4.78 is 17.4. The van der Waals surface area contributed by atoms with E-state index >= 15 is 0 Å². The lowest BCUT2D eigenvalue weighted by molar-refractivity contribution is 0.324. The largest absolute Gasteiger partial charge is 0.493 e. The van der Waals surface area contributed by atoms with E-state index in [1.54, 1.807) is 36.4 Å². The molecule has 0 fully saturated rings. The Morgan fingerprint density at radius 1 is 1.00 bits per heavy atom. The van der Waals surface area contributed by atoms with Crippen molar-refractivity contribution in [3.05, 3.63) is 64.2 Å². The first kappa shape index (κ1) is 21.2. The van der Waals surface area contributed by atoms with Crippen LogP contribution in [0, 0.1) is 0 Å². The molecule has 4 rings (SSSR count). The molecule has 11 heteroatoms. The lowest BCUT2D eigenvalue weighted by atomic mass is 10.2. The van der Waals surface area contributed by atoms with Gasteiger partial charge in [0.25, 0.3) is 5.56 Å². The van der Waals surface area contributed by atoms with Gasteiger partial charge in [-0.25, -0.2) is 4.98 Å². The number of aromatic amines is 1. The van der Waals surface area contributed by atoms with Gasteiger partial charge in [0.1, 0.15) is 6.33 Å². The van der Waals surface area contributed by atoms with Gasteiger partial charge < -0.3 is 19.5 Å². The third kappa shape index (κ3) is 4.08. The number of H-pyrrole nitrogens is 1. The smallest absolute Gasteiger partial charge is 0.273 e. The molecule has 0 atom stereocenters. The summed E-state index contributed by atoms with van der Waals surface area (Å²) in [6, 6.07) is 11.6. The van der Waals surface area contributed by atoms with Crippen molar-refractivity contribution in [1.82, 2.24) is 25.0 Å². The number of halogens is 1. The molecule has 0 aliphatic carbocycles. The second-order valence-corrected chi connectivity index (χ2v) is 6.93. The number of aromatic nitrogens is 5. The van der Waals surface area contributed by atoms with Gasteiger partial charge in [-0.15, -0.1) is 0 Å². The molecule has 0 spiro atoms. The van der Waals surface area contributed by atoms with Crippen LogP contribution in [0.4, 0.5) is 11.4 Å². The van der Waals surface area contributed by atoms with Gasteiger partial charge in [-0.05, 0) is 24.3 Å². The van der Waals surface area contributed by atoms with Crippen LogP contribution >= 0.6 is 11.6 Å². The van der Waals surface area contributed by atoms with Crippen LogP contribution in [0.1, 0.15) is 0 Å². The summed E-state index contributed by atoms with van der Waals surface area (Å²) >= 11 is 5.97. The number of hydrogen-bond acceptors (Lipinski definition) is 8. The summed E-state index contributed by atoms with van der Waals surface area (Å²) in [4.78, 5) is 17.1. The average molecular weight is 455 g/mol. The number of ether oxygens (including phenoxy) is 3. The lowest BCUT2D eigenvalue weighted by Gasteiger charge is -2.16. The van der Waals surface area contributed by atoms with Gasteiger partial charge >= 0.3 is 0 Å². The van der Waals surface area contributed by atoms with E-state index in [0.29, 0.717) is 50.9 Å². The van der Waals surface area contributed by atoms with Gasteiger partial charge in [-0.2, -0.15) is 14.9 Å². The monoisotopic (exact) mass is 454 g/mol. The van der Waals surface area contributed by atoms with Gasteiger partial charge in [0.05, 0.1) is 32.7 Å². The molecule has 10 nitrogen and oxygen atoms in total. The number of anilines is 2. The zero-order chi connectivity index (χ0) is 22.7. The Morgan fingerprint density at radius 2 is 1.69 bits per heavy atom. The molecule has 2 N–H and O–H groups in total. The predicted octanol–water partition coefficient (Wildman–Crippen LogP) is 3.44. The molecule has 32 heavy (non-hydrogen) atoms. The Balaban J connectivity index is 1.83. The third-order valence-corrected chi connectivity index (χ3v) is 4.83. The van der Waals surface area contributed by atoms with Gasteiger partial charge in [-0.3, -0.25) is 9.89 Å². The molecule has 0 amide bonds. The molecule has 0 bridgehead atoms. The fraction of sp³-hybridized carbons (Fsp3) is 0.143. The van der Waals surface area contributed by atoms with Crippen molar-refractivity contribution in [2.75, 3.05) is 26.6 Å². The summed E-state index contributed by atoms with van der Waals surface area (Å²) in [6.45, 7) is 0. The highest BCUT2D eigenvalue weighted by Gasteiger charge is 2.18. The van der Waals surface area contributed by atoms with Gasteiger partial charge in [-0.1, -0.05) is 11.6 Å². The van der Waals surface area contributed by atoms with E-state index in [2.05, 4.69) is 25.6 Å². The van der Waals surface area contributed by atoms with Crippen molar-refractivity contribution >= 4 is 23.0 Å². The lowest BCUT2D eigenvalue weighted by Crippen LogP contribution is -2.22. The highest BCUT2D eigenvalue weighted by molar-refractivity contribution is 6.30. The molecule has 2 heterocycles. The quantitative estimate of drug-likeness (QED) is 0.436. The molecule has 0 saturated carbocycles. The first-order valence-corrected chi connectivity index (χ1v) is 9.75. The van der Waals surface area contributed by atoms with E-state index in [9.17, 15) is 4.79 Å². The van der Waals surface area contributed by atoms with Crippen LogP contribution in [-0.2, 0) is 0 Å². The Labute approximate surface area is 187 Å². The van der Waals surface area contributed by atoms with Crippen molar-refractivity contribution in [3.8, 4) is 34.5 Å². The molecule has 164 valence electrons. The fourth-order valence-electron chi connectivity index (χ4n) is 3.12. The number of nitrogens with zero attached hydrogens (tertiary/aromatic N) is 4. The molecule has 0 aliphatic rings. The maximum Gasteiger partial charge on any atom is 0.273 e. The molecule has 0 saturated heterocycles. The first-order chi connectivity index (χ1) is 15.5. The Bertz CT molecular complexity index is 1260. The summed E-state index contributed by atoms with van der Waals surface area (Å²) in [7, 11) is 4.57. The van der Waals surface area contributed by atoms with Crippen molar-refractivity contribution in [3.63, 3.8) is 0 Å². The maximum absolute atomic E-state index is 12.9. The van der Waals surface area contributed by atoms with Crippen LogP contribution < -0.4 is 25.1 Å². The molecular weight excluding hydrogens is 436 g/mol. The van der Waals surface area contributed by atoms with Crippen LogP contribution in [0.2, 0.25) is 5.02 Å². The number of nitrogens with one attached hydrogen (secondary N) is 2. The van der Waals surface area contributed by atoms with Gasteiger partial charge in [0.15, 0.2) is 17.2 Å². The summed E-state index contributed by atoms with van der Waals surface area (Å²) in [5.74, 6) is 1.67. The van der Waals surface area contributed by atoms with E-state index in [1.165, 1.54) is 38.4 Å². The highest BCUT2D eigenvalue weighted by atomic mass is 35.5. The Kier molecular flexibility index (Phi) is 5.95. The van der Waals surface area contributed by atoms with E-state index in [-0.39, 0.29) is 5.56 Å². The fourth-order valence-corrected chi connectivity index (χ4v) is 3.24. The molecule has 4 aromatic rings. The zero-order valence-corrected chi connectivity index (χ0v) is 18.2. The van der Waals surface area contributed by atoms with Crippen molar-refractivity contribution in [2.45, 2.75) is 0 Å². The minimum atomic E-state index is -0.360. The first-order valence-electron chi connectivity index (χ1n) is 9.37. The summed E-state index contributed by atoms with van der Waals surface area (Å²) in [5.41, 5.74) is 1.53. The normalized spacial score (nSPS) is 10.6. The van der Waals surface area contributed by atoms with E-state index < -0.39 is 0 Å². The van der Waals surface area contributed by atoms with Crippen LogP contribution in [0.25, 0.3) is 17.2 Å². The predicted molar refractivity (Wildman–Crippen MR) is 120 cm³/mol. The zero-order valence-electron chi connectivity index (χ0n) is 17.4. The molecule has 2 aromatic carbocycles. The van der Waals surface area contributed by atoms with Gasteiger partial charge in [0, 0.05) is 28.9 Å². The topological polar surface area (TPSA) is 116 Å².